The van der Waals surface area contributed by atoms with Crippen molar-refractivity contribution in [3.8, 4) is 5.75 Å². The summed E-state index contributed by atoms with van der Waals surface area (Å²) >= 11 is 7.01. The van der Waals surface area contributed by atoms with Crippen LogP contribution in [0, 0.1) is 6.92 Å². The molecule has 0 saturated heterocycles. The molecule has 2 aromatic rings. The van der Waals surface area contributed by atoms with Crippen molar-refractivity contribution < 1.29 is 19.4 Å². The largest absolute Gasteiger partial charge is 0.483 e. The van der Waals surface area contributed by atoms with Crippen LogP contribution in [0.1, 0.15) is 15.2 Å². The Morgan fingerprint density at radius 2 is 2.19 bits per heavy atom. The van der Waals surface area contributed by atoms with Gasteiger partial charge < -0.3 is 15.2 Å². The zero-order valence-corrected chi connectivity index (χ0v) is 12.6. The van der Waals surface area contributed by atoms with E-state index in [1.165, 1.54) is 6.07 Å². The molecule has 0 aliphatic heterocycles. The highest BCUT2D eigenvalue weighted by Crippen LogP contribution is 2.23. The van der Waals surface area contributed by atoms with Gasteiger partial charge in [-0.3, -0.25) is 4.79 Å². The molecule has 0 fully saturated rings. The third kappa shape index (κ3) is 3.96. The number of rotatable bonds is 5. The molecule has 1 aromatic carbocycles. The minimum Gasteiger partial charge on any atom is -0.483 e. The normalized spacial score (nSPS) is 10.2. The standard InChI is InChI=1S/C14H12ClNO4S/c1-8-10(15)3-2-4-11(8)16-13(17)6-20-9-5-12(14(18)19)21-7-9/h2-5,7H,6H2,1H3,(H,16,17)(H,18,19). The quantitative estimate of drug-likeness (QED) is 0.883. The Hall–Kier alpha value is -2.05. The molecule has 7 heteroatoms. The zero-order chi connectivity index (χ0) is 15.4. The van der Waals surface area contributed by atoms with Crippen molar-refractivity contribution in [3.63, 3.8) is 0 Å². The summed E-state index contributed by atoms with van der Waals surface area (Å²) in [7, 11) is 0. The Balaban J connectivity index is 1.92. The number of ether oxygens (including phenoxy) is 1. The lowest BCUT2D eigenvalue weighted by Crippen LogP contribution is -2.20. The molecule has 0 bridgehead atoms. The van der Waals surface area contributed by atoms with Gasteiger partial charge in [0, 0.05) is 22.2 Å². The van der Waals surface area contributed by atoms with Crippen LogP contribution in [0.2, 0.25) is 5.02 Å². The summed E-state index contributed by atoms with van der Waals surface area (Å²) in [6.45, 7) is 1.60. The summed E-state index contributed by atoms with van der Waals surface area (Å²) in [5.41, 5.74) is 1.39. The highest BCUT2D eigenvalue weighted by atomic mass is 35.5. The minimum atomic E-state index is -1.02. The van der Waals surface area contributed by atoms with Crippen molar-refractivity contribution in [2.75, 3.05) is 11.9 Å². The molecular formula is C14H12ClNO4S. The van der Waals surface area contributed by atoms with Crippen LogP contribution in [-0.4, -0.2) is 23.6 Å². The van der Waals surface area contributed by atoms with Crippen LogP contribution in [0.3, 0.4) is 0 Å². The van der Waals surface area contributed by atoms with Crippen LogP contribution in [0.5, 0.6) is 5.75 Å². The molecule has 1 aromatic heterocycles. The molecule has 0 unspecified atom stereocenters. The minimum absolute atomic E-state index is 0.163. The number of carboxylic acid groups (broad SMARTS) is 1. The van der Waals surface area contributed by atoms with E-state index in [0.29, 0.717) is 16.5 Å². The van der Waals surface area contributed by atoms with Crippen molar-refractivity contribution in [1.29, 1.82) is 0 Å². The molecule has 21 heavy (non-hydrogen) atoms. The van der Waals surface area contributed by atoms with E-state index in [9.17, 15) is 9.59 Å². The average Bonchev–Trinajstić information content (AvgIpc) is 2.91. The fourth-order valence-corrected chi connectivity index (χ4v) is 2.42. The Bertz CT molecular complexity index is 683. The lowest BCUT2D eigenvalue weighted by molar-refractivity contribution is -0.118. The molecule has 0 radical (unpaired) electrons. The first-order chi connectivity index (χ1) is 9.97. The zero-order valence-electron chi connectivity index (χ0n) is 11.1. The first-order valence-electron chi connectivity index (χ1n) is 5.97. The van der Waals surface area contributed by atoms with Gasteiger partial charge in [-0.15, -0.1) is 11.3 Å². The highest BCUT2D eigenvalue weighted by molar-refractivity contribution is 7.12. The van der Waals surface area contributed by atoms with Gasteiger partial charge in [0.05, 0.1) is 0 Å². The maximum absolute atomic E-state index is 11.8. The predicted octanol–water partition coefficient (Wildman–Crippen LogP) is 3.43. The summed E-state index contributed by atoms with van der Waals surface area (Å²) in [5, 5.41) is 13.6. The van der Waals surface area contributed by atoms with Crippen molar-refractivity contribution >= 4 is 40.5 Å². The van der Waals surface area contributed by atoms with Gasteiger partial charge in [0.25, 0.3) is 5.91 Å². The van der Waals surface area contributed by atoms with E-state index in [4.69, 9.17) is 21.4 Å². The number of hydrogen-bond acceptors (Lipinski definition) is 4. The number of aromatic carboxylic acids is 1. The molecule has 0 aliphatic rings. The van der Waals surface area contributed by atoms with E-state index in [1.807, 2.05) is 0 Å². The number of hydrogen-bond donors (Lipinski definition) is 2. The van der Waals surface area contributed by atoms with Gasteiger partial charge in [-0.05, 0) is 24.6 Å². The van der Waals surface area contributed by atoms with Crippen LogP contribution in [0.15, 0.2) is 29.6 Å². The van der Waals surface area contributed by atoms with Crippen LogP contribution in [0.25, 0.3) is 0 Å². The van der Waals surface area contributed by atoms with Crippen LogP contribution in [-0.2, 0) is 4.79 Å². The molecule has 0 atom stereocenters. The summed E-state index contributed by atoms with van der Waals surface area (Å²) in [5.74, 6) is -1.01. The number of thiophene rings is 1. The Labute approximate surface area is 130 Å². The Morgan fingerprint density at radius 1 is 1.43 bits per heavy atom. The SMILES string of the molecule is Cc1c(Cl)cccc1NC(=O)COc1csc(C(=O)O)c1. The maximum Gasteiger partial charge on any atom is 0.346 e. The van der Waals surface area contributed by atoms with E-state index < -0.39 is 5.97 Å². The van der Waals surface area contributed by atoms with Crippen LogP contribution in [0.4, 0.5) is 5.69 Å². The molecule has 2 N–H and O–H groups in total. The third-order valence-electron chi connectivity index (χ3n) is 2.70. The number of halogens is 1. The number of carbonyl (C=O) groups excluding carboxylic acids is 1. The molecule has 0 saturated carbocycles. The second-order valence-corrected chi connectivity index (χ2v) is 5.52. The average molecular weight is 326 g/mol. The second-order valence-electron chi connectivity index (χ2n) is 4.20. The van der Waals surface area contributed by atoms with Gasteiger partial charge in [0.1, 0.15) is 10.6 Å². The Morgan fingerprint density at radius 3 is 2.86 bits per heavy atom. The fraction of sp³-hybridized carbons (Fsp3) is 0.143. The second kappa shape index (κ2) is 6.60. The summed E-state index contributed by atoms with van der Waals surface area (Å²) in [6, 6.07) is 6.60. The van der Waals surface area contributed by atoms with Gasteiger partial charge in [-0.25, -0.2) is 4.79 Å². The van der Waals surface area contributed by atoms with Crippen molar-refractivity contribution in [1.82, 2.24) is 0 Å². The molecular weight excluding hydrogens is 314 g/mol. The fourth-order valence-electron chi connectivity index (χ4n) is 1.58. The molecule has 0 aliphatic carbocycles. The molecule has 1 amide bonds. The van der Waals surface area contributed by atoms with Gasteiger partial charge in [0.15, 0.2) is 6.61 Å². The first-order valence-corrected chi connectivity index (χ1v) is 7.22. The first kappa shape index (κ1) is 15.3. The van der Waals surface area contributed by atoms with E-state index in [2.05, 4.69) is 5.32 Å². The molecule has 1 heterocycles. The number of amides is 1. The summed E-state index contributed by atoms with van der Waals surface area (Å²) in [4.78, 5) is 22.7. The van der Waals surface area contributed by atoms with E-state index in [1.54, 1.807) is 30.5 Å². The predicted molar refractivity (Wildman–Crippen MR) is 81.6 cm³/mol. The number of anilines is 1. The van der Waals surface area contributed by atoms with Gasteiger partial charge >= 0.3 is 5.97 Å². The smallest absolute Gasteiger partial charge is 0.346 e. The van der Waals surface area contributed by atoms with Crippen LogP contribution >= 0.6 is 22.9 Å². The molecule has 2 rings (SSSR count). The monoisotopic (exact) mass is 325 g/mol. The van der Waals surface area contributed by atoms with Gasteiger partial charge in [-0.1, -0.05) is 17.7 Å². The highest BCUT2D eigenvalue weighted by Gasteiger charge is 2.10. The van der Waals surface area contributed by atoms with Crippen molar-refractivity contribution in [2.24, 2.45) is 0 Å². The number of benzene rings is 1. The van der Waals surface area contributed by atoms with Crippen molar-refractivity contribution in [2.45, 2.75) is 6.92 Å². The third-order valence-corrected chi connectivity index (χ3v) is 4.00. The summed E-state index contributed by atoms with van der Waals surface area (Å²) in [6.07, 6.45) is 0. The van der Waals surface area contributed by atoms with Crippen molar-refractivity contribution in [3.05, 3.63) is 45.1 Å². The topological polar surface area (TPSA) is 75.6 Å². The van der Waals surface area contributed by atoms with E-state index >= 15 is 0 Å². The molecule has 110 valence electrons. The number of carbonyl (C=O) groups is 2. The molecule has 5 nitrogen and oxygen atoms in total. The lowest BCUT2D eigenvalue weighted by atomic mass is 10.2. The Kier molecular flexibility index (Phi) is 4.82. The number of carboxylic acids is 1. The van der Waals surface area contributed by atoms with E-state index in [-0.39, 0.29) is 17.4 Å². The maximum atomic E-state index is 11.8. The van der Waals surface area contributed by atoms with Gasteiger partial charge in [-0.2, -0.15) is 0 Å². The lowest BCUT2D eigenvalue weighted by Gasteiger charge is -2.09. The van der Waals surface area contributed by atoms with Gasteiger partial charge in [0.2, 0.25) is 0 Å². The number of nitrogens with one attached hydrogen (secondary N) is 1. The van der Waals surface area contributed by atoms with E-state index in [0.717, 1.165) is 16.9 Å². The summed E-state index contributed by atoms with van der Waals surface area (Å²) < 4.78 is 5.24. The van der Waals surface area contributed by atoms with Crippen LogP contribution < -0.4 is 10.1 Å². The molecule has 0 spiro atoms.